The number of nitrogens with one attached hydrogen (secondary N) is 1. The van der Waals surface area contributed by atoms with Crippen LogP contribution in [0.25, 0.3) is 5.52 Å². The molecule has 1 atom stereocenters. The Labute approximate surface area is 95.5 Å². The summed E-state index contributed by atoms with van der Waals surface area (Å²) >= 11 is 0. The highest BCUT2D eigenvalue weighted by molar-refractivity contribution is 5.54. The third-order valence-corrected chi connectivity index (χ3v) is 3.39. The number of hydrogen-bond donors (Lipinski definition) is 1. The monoisotopic (exact) mass is 215 g/mol. The molecule has 1 aliphatic rings. The summed E-state index contributed by atoms with van der Waals surface area (Å²) in [6.07, 6.45) is 6.59. The van der Waals surface area contributed by atoms with Crippen molar-refractivity contribution in [2.24, 2.45) is 0 Å². The summed E-state index contributed by atoms with van der Waals surface area (Å²) in [6, 6.07) is 4.35. The zero-order valence-electron chi connectivity index (χ0n) is 9.61. The molecule has 0 spiro atoms. The number of piperidine rings is 1. The van der Waals surface area contributed by atoms with Crippen molar-refractivity contribution in [2.75, 3.05) is 13.1 Å². The van der Waals surface area contributed by atoms with E-state index >= 15 is 0 Å². The fourth-order valence-electron chi connectivity index (χ4n) is 2.53. The average molecular weight is 215 g/mol. The zero-order chi connectivity index (χ0) is 11.0. The molecular weight excluding hydrogens is 198 g/mol. The summed E-state index contributed by atoms with van der Waals surface area (Å²) in [7, 11) is 0. The minimum Gasteiger partial charge on any atom is -0.316 e. The molecule has 1 aliphatic heterocycles. The number of hydrogen-bond acceptors (Lipinski definition) is 2. The van der Waals surface area contributed by atoms with Crippen molar-refractivity contribution in [3.05, 3.63) is 35.9 Å². The van der Waals surface area contributed by atoms with Crippen molar-refractivity contribution in [3.8, 4) is 0 Å². The van der Waals surface area contributed by atoms with Crippen molar-refractivity contribution < 1.29 is 0 Å². The zero-order valence-corrected chi connectivity index (χ0v) is 9.61. The predicted molar refractivity (Wildman–Crippen MR) is 64.8 cm³/mol. The average Bonchev–Trinajstić information content (AvgIpc) is 2.73. The third-order valence-electron chi connectivity index (χ3n) is 3.39. The van der Waals surface area contributed by atoms with Crippen LogP contribution < -0.4 is 5.32 Å². The number of pyridine rings is 1. The van der Waals surface area contributed by atoms with Crippen LogP contribution in [0.15, 0.2) is 24.7 Å². The van der Waals surface area contributed by atoms with Crippen molar-refractivity contribution in [1.82, 2.24) is 14.7 Å². The molecule has 0 radical (unpaired) electrons. The van der Waals surface area contributed by atoms with Crippen molar-refractivity contribution >= 4 is 5.52 Å². The highest BCUT2D eigenvalue weighted by Gasteiger charge is 2.19. The molecular formula is C13H17N3. The van der Waals surface area contributed by atoms with E-state index in [1.807, 2.05) is 6.33 Å². The van der Waals surface area contributed by atoms with Gasteiger partial charge >= 0.3 is 0 Å². The van der Waals surface area contributed by atoms with Crippen LogP contribution in [0.1, 0.15) is 30.0 Å². The van der Waals surface area contributed by atoms with Gasteiger partial charge in [0.15, 0.2) is 0 Å². The molecule has 2 aromatic heterocycles. The van der Waals surface area contributed by atoms with Crippen molar-refractivity contribution in [2.45, 2.75) is 25.7 Å². The Morgan fingerprint density at radius 1 is 1.44 bits per heavy atom. The molecule has 3 heteroatoms. The Balaban J connectivity index is 2.03. The Bertz CT molecular complexity index is 495. The Kier molecular flexibility index (Phi) is 2.40. The SMILES string of the molecule is Cc1ccc2c(C3CCCNC3)ncn2c1. The van der Waals surface area contributed by atoms with E-state index in [1.54, 1.807) is 0 Å². The van der Waals surface area contributed by atoms with Crippen LogP contribution >= 0.6 is 0 Å². The van der Waals surface area contributed by atoms with E-state index in [9.17, 15) is 0 Å². The van der Waals surface area contributed by atoms with E-state index in [0.29, 0.717) is 5.92 Å². The van der Waals surface area contributed by atoms with E-state index in [2.05, 4.69) is 40.0 Å². The quantitative estimate of drug-likeness (QED) is 0.789. The maximum Gasteiger partial charge on any atom is 0.0995 e. The van der Waals surface area contributed by atoms with Crippen LogP contribution in [0.5, 0.6) is 0 Å². The van der Waals surface area contributed by atoms with Crippen LogP contribution in [-0.4, -0.2) is 22.5 Å². The molecule has 0 amide bonds. The standard InChI is InChI=1S/C13H17N3/c1-10-4-5-12-13(15-9-16(12)8-10)11-3-2-6-14-7-11/h4-5,8-9,11,14H,2-3,6-7H2,1H3. The highest BCUT2D eigenvalue weighted by atomic mass is 15.0. The topological polar surface area (TPSA) is 29.3 Å². The summed E-state index contributed by atoms with van der Waals surface area (Å²) in [6.45, 7) is 4.34. The molecule has 0 aromatic carbocycles. The first-order chi connectivity index (χ1) is 7.84. The minimum atomic E-state index is 0.585. The summed E-state index contributed by atoms with van der Waals surface area (Å²) in [5.74, 6) is 0.585. The summed E-state index contributed by atoms with van der Waals surface area (Å²) in [5.41, 5.74) is 3.80. The van der Waals surface area contributed by atoms with Crippen molar-refractivity contribution in [1.29, 1.82) is 0 Å². The van der Waals surface area contributed by atoms with E-state index in [0.717, 1.165) is 13.1 Å². The van der Waals surface area contributed by atoms with Gasteiger partial charge in [0.25, 0.3) is 0 Å². The molecule has 1 fully saturated rings. The normalized spacial score (nSPS) is 21.4. The third kappa shape index (κ3) is 1.61. The molecule has 0 aliphatic carbocycles. The molecule has 1 unspecified atom stereocenters. The lowest BCUT2D eigenvalue weighted by molar-refractivity contribution is 0.457. The Hall–Kier alpha value is -1.35. The fraction of sp³-hybridized carbons (Fsp3) is 0.462. The molecule has 0 saturated carbocycles. The molecule has 1 saturated heterocycles. The summed E-state index contributed by atoms with van der Waals surface area (Å²) in [5, 5.41) is 3.45. The fourth-order valence-corrected chi connectivity index (χ4v) is 2.53. The first kappa shape index (κ1) is 9.85. The lowest BCUT2D eigenvalue weighted by Crippen LogP contribution is -2.28. The van der Waals surface area contributed by atoms with E-state index in [-0.39, 0.29) is 0 Å². The van der Waals surface area contributed by atoms with Gasteiger partial charge in [0.2, 0.25) is 0 Å². The van der Waals surface area contributed by atoms with Crippen LogP contribution in [-0.2, 0) is 0 Å². The first-order valence-electron chi connectivity index (χ1n) is 5.98. The Morgan fingerprint density at radius 3 is 3.19 bits per heavy atom. The number of aryl methyl sites for hydroxylation is 1. The van der Waals surface area contributed by atoms with Gasteiger partial charge in [-0.3, -0.25) is 0 Å². The number of rotatable bonds is 1. The first-order valence-corrected chi connectivity index (χ1v) is 5.98. The van der Waals surface area contributed by atoms with Gasteiger partial charge < -0.3 is 9.72 Å². The van der Waals surface area contributed by atoms with E-state index in [4.69, 9.17) is 0 Å². The second-order valence-electron chi connectivity index (χ2n) is 4.67. The molecule has 1 N–H and O–H groups in total. The maximum atomic E-state index is 4.58. The second-order valence-corrected chi connectivity index (χ2v) is 4.67. The van der Waals surface area contributed by atoms with Gasteiger partial charge in [-0.25, -0.2) is 4.98 Å². The van der Waals surface area contributed by atoms with Crippen LogP contribution in [0.3, 0.4) is 0 Å². The molecule has 16 heavy (non-hydrogen) atoms. The van der Waals surface area contributed by atoms with Gasteiger partial charge in [-0.05, 0) is 37.9 Å². The number of aromatic nitrogens is 2. The predicted octanol–water partition coefficient (Wildman–Crippen LogP) is 2.11. The van der Waals surface area contributed by atoms with Gasteiger partial charge in [0.05, 0.1) is 17.5 Å². The molecule has 3 heterocycles. The smallest absolute Gasteiger partial charge is 0.0995 e. The number of nitrogens with zero attached hydrogens (tertiary/aromatic N) is 2. The maximum absolute atomic E-state index is 4.58. The Morgan fingerprint density at radius 2 is 2.38 bits per heavy atom. The van der Waals surface area contributed by atoms with Crippen LogP contribution in [0.4, 0.5) is 0 Å². The molecule has 0 bridgehead atoms. The van der Waals surface area contributed by atoms with Gasteiger partial charge in [0, 0.05) is 18.7 Å². The van der Waals surface area contributed by atoms with E-state index in [1.165, 1.54) is 29.6 Å². The lowest BCUT2D eigenvalue weighted by Gasteiger charge is -2.21. The van der Waals surface area contributed by atoms with Crippen molar-refractivity contribution in [3.63, 3.8) is 0 Å². The largest absolute Gasteiger partial charge is 0.316 e. The van der Waals surface area contributed by atoms with Crippen LogP contribution in [0.2, 0.25) is 0 Å². The summed E-state index contributed by atoms with van der Waals surface area (Å²) in [4.78, 5) is 4.58. The van der Waals surface area contributed by atoms with Crippen LogP contribution in [0, 0.1) is 6.92 Å². The molecule has 3 nitrogen and oxygen atoms in total. The minimum absolute atomic E-state index is 0.585. The number of fused-ring (bicyclic) bond motifs is 1. The second kappa shape index (κ2) is 3.91. The molecule has 84 valence electrons. The van der Waals surface area contributed by atoms with Gasteiger partial charge in [-0.1, -0.05) is 6.07 Å². The molecule has 3 rings (SSSR count). The molecule has 2 aromatic rings. The lowest BCUT2D eigenvalue weighted by atomic mass is 9.95. The summed E-state index contributed by atoms with van der Waals surface area (Å²) < 4.78 is 2.14. The van der Waals surface area contributed by atoms with Gasteiger partial charge in [0.1, 0.15) is 0 Å². The number of imidazole rings is 1. The van der Waals surface area contributed by atoms with Gasteiger partial charge in [-0.15, -0.1) is 0 Å². The van der Waals surface area contributed by atoms with Gasteiger partial charge in [-0.2, -0.15) is 0 Å². The highest BCUT2D eigenvalue weighted by Crippen LogP contribution is 2.25. The van der Waals surface area contributed by atoms with E-state index < -0.39 is 0 Å².